The van der Waals surface area contributed by atoms with Crippen LogP contribution in [-0.2, 0) is 30.7 Å². The molecule has 0 radical (unpaired) electrons. The first-order valence-corrected chi connectivity index (χ1v) is 9.18. The fourth-order valence-electron chi connectivity index (χ4n) is 3.66. The first kappa shape index (κ1) is 17.7. The zero-order valence-corrected chi connectivity index (χ0v) is 16.0. The highest BCUT2D eigenvalue weighted by Crippen LogP contribution is 2.17. The Morgan fingerprint density at radius 2 is 2.12 bits per heavy atom. The summed E-state index contributed by atoms with van der Waals surface area (Å²) < 4.78 is 4.20. The minimum absolute atomic E-state index is 0.0839. The van der Waals surface area contributed by atoms with Crippen LogP contribution in [0, 0.1) is 26.7 Å². The number of imidazole rings is 1. The van der Waals surface area contributed by atoms with Crippen molar-refractivity contribution < 1.29 is 4.79 Å². The van der Waals surface area contributed by atoms with Crippen molar-refractivity contribution in [2.24, 2.45) is 5.92 Å². The smallest absolute Gasteiger partial charge is 0.224 e. The van der Waals surface area contributed by atoms with E-state index in [4.69, 9.17) is 0 Å². The van der Waals surface area contributed by atoms with Crippen LogP contribution in [0.1, 0.15) is 48.7 Å². The third-order valence-corrected chi connectivity index (χ3v) is 4.88. The molecule has 0 aliphatic carbocycles. The Morgan fingerprint density at radius 3 is 2.84 bits per heavy atom. The van der Waals surface area contributed by atoms with Crippen LogP contribution in [-0.4, -0.2) is 31.3 Å². The van der Waals surface area contributed by atoms with Gasteiger partial charge >= 0.3 is 0 Å². The Hall–Kier alpha value is -2.11. The molecule has 0 fully saturated rings. The number of nitrogens with zero attached hydrogens (tertiary/aromatic N) is 4. The Balaban J connectivity index is 1.63. The minimum atomic E-state index is 0.0839. The molecule has 0 bridgehead atoms. The first-order valence-electron chi connectivity index (χ1n) is 9.18. The summed E-state index contributed by atoms with van der Waals surface area (Å²) >= 11 is 0. The molecule has 0 unspecified atom stereocenters. The number of amides is 1. The van der Waals surface area contributed by atoms with Crippen LogP contribution in [0.2, 0.25) is 0 Å². The molecule has 136 valence electrons. The van der Waals surface area contributed by atoms with Crippen molar-refractivity contribution in [3.8, 4) is 0 Å². The molecular weight excluding hydrogens is 314 g/mol. The van der Waals surface area contributed by atoms with Gasteiger partial charge < -0.3 is 9.88 Å². The maximum Gasteiger partial charge on any atom is 0.224 e. The van der Waals surface area contributed by atoms with E-state index in [1.165, 1.54) is 0 Å². The summed E-state index contributed by atoms with van der Waals surface area (Å²) in [6.45, 7) is 12.1. The molecule has 1 aliphatic rings. The lowest BCUT2D eigenvalue weighted by atomic mass is 10.1. The van der Waals surface area contributed by atoms with Crippen LogP contribution in [0.4, 0.5) is 0 Å². The maximum absolute atomic E-state index is 12.6. The van der Waals surface area contributed by atoms with Crippen molar-refractivity contribution in [2.45, 2.75) is 73.0 Å². The zero-order valence-electron chi connectivity index (χ0n) is 16.0. The van der Waals surface area contributed by atoms with E-state index < -0.39 is 0 Å². The normalized spacial score (nSPS) is 17.0. The van der Waals surface area contributed by atoms with Crippen LogP contribution < -0.4 is 5.32 Å². The van der Waals surface area contributed by atoms with Crippen molar-refractivity contribution in [1.82, 2.24) is 24.6 Å². The molecule has 1 amide bonds. The fourth-order valence-corrected chi connectivity index (χ4v) is 3.66. The number of aromatic nitrogens is 4. The molecule has 3 rings (SSSR count). The minimum Gasteiger partial charge on any atom is -0.351 e. The van der Waals surface area contributed by atoms with E-state index in [0.29, 0.717) is 12.3 Å². The van der Waals surface area contributed by atoms with E-state index in [1.54, 1.807) is 0 Å². The predicted molar refractivity (Wildman–Crippen MR) is 97.5 cm³/mol. The summed E-state index contributed by atoms with van der Waals surface area (Å²) in [5.41, 5.74) is 4.18. The number of carbonyl (C=O) groups excluding carboxylic acids is 1. The van der Waals surface area contributed by atoms with Gasteiger partial charge in [0.25, 0.3) is 0 Å². The van der Waals surface area contributed by atoms with Gasteiger partial charge in [-0.3, -0.25) is 9.48 Å². The molecule has 2 aromatic heterocycles. The Morgan fingerprint density at radius 1 is 1.36 bits per heavy atom. The molecule has 2 aromatic rings. The van der Waals surface area contributed by atoms with E-state index in [-0.39, 0.29) is 11.9 Å². The van der Waals surface area contributed by atoms with Gasteiger partial charge in [-0.15, -0.1) is 0 Å². The summed E-state index contributed by atoms with van der Waals surface area (Å²) in [6, 6.07) is 0.180. The number of rotatable bonds is 5. The average Bonchev–Trinajstić information content (AvgIpc) is 3.00. The van der Waals surface area contributed by atoms with Gasteiger partial charge in [-0.25, -0.2) is 4.98 Å². The van der Waals surface area contributed by atoms with Crippen molar-refractivity contribution in [3.05, 3.63) is 34.7 Å². The molecule has 3 heterocycles. The van der Waals surface area contributed by atoms with Gasteiger partial charge in [0.15, 0.2) is 0 Å². The number of hydrogen-bond acceptors (Lipinski definition) is 3. The third kappa shape index (κ3) is 3.94. The number of fused-ring (bicyclic) bond motifs is 1. The maximum atomic E-state index is 12.6. The van der Waals surface area contributed by atoms with E-state index in [9.17, 15) is 4.79 Å². The molecule has 6 heteroatoms. The lowest BCUT2D eigenvalue weighted by molar-refractivity contribution is -0.121. The molecule has 0 aromatic carbocycles. The van der Waals surface area contributed by atoms with Crippen LogP contribution in [0.15, 0.2) is 6.20 Å². The van der Waals surface area contributed by atoms with E-state index in [0.717, 1.165) is 54.4 Å². The molecule has 25 heavy (non-hydrogen) atoms. The largest absolute Gasteiger partial charge is 0.351 e. The second-order valence-electron chi connectivity index (χ2n) is 7.66. The summed E-state index contributed by atoms with van der Waals surface area (Å²) in [7, 11) is 0. The standard InChI is InChI=1S/C19H29N5O/c1-12(2)9-24-15(5)17(14(4)22-24)8-19(25)21-16-6-7-18-20-13(3)10-23(18)11-16/h10,12,16H,6-9,11H2,1-5H3,(H,21,25)/t16-/m1/s1. The molecule has 1 aliphatic heterocycles. The van der Waals surface area contributed by atoms with Crippen molar-refractivity contribution in [1.29, 1.82) is 0 Å². The number of hydrogen-bond donors (Lipinski definition) is 1. The van der Waals surface area contributed by atoms with E-state index in [2.05, 4.69) is 46.9 Å². The van der Waals surface area contributed by atoms with Crippen molar-refractivity contribution >= 4 is 5.91 Å². The van der Waals surface area contributed by atoms with Crippen LogP contribution in [0.3, 0.4) is 0 Å². The lowest BCUT2D eigenvalue weighted by Crippen LogP contribution is -2.41. The Labute approximate surface area is 149 Å². The summed E-state index contributed by atoms with van der Waals surface area (Å²) in [4.78, 5) is 17.1. The van der Waals surface area contributed by atoms with Gasteiger partial charge in [0.1, 0.15) is 5.82 Å². The van der Waals surface area contributed by atoms with E-state index >= 15 is 0 Å². The second-order valence-corrected chi connectivity index (χ2v) is 7.66. The first-order chi connectivity index (χ1) is 11.8. The van der Waals surface area contributed by atoms with Gasteiger partial charge in [-0.2, -0.15) is 5.10 Å². The van der Waals surface area contributed by atoms with Gasteiger partial charge in [0.2, 0.25) is 5.91 Å². The van der Waals surface area contributed by atoms with Crippen LogP contribution >= 0.6 is 0 Å². The molecule has 0 saturated carbocycles. The van der Waals surface area contributed by atoms with Crippen LogP contribution in [0.25, 0.3) is 0 Å². The Kier molecular flexibility index (Phi) is 4.97. The monoisotopic (exact) mass is 343 g/mol. The summed E-state index contributed by atoms with van der Waals surface area (Å²) in [6.07, 6.45) is 4.34. The summed E-state index contributed by atoms with van der Waals surface area (Å²) in [5, 5.41) is 7.80. The second kappa shape index (κ2) is 7.02. The van der Waals surface area contributed by atoms with Crippen molar-refractivity contribution in [2.75, 3.05) is 0 Å². The van der Waals surface area contributed by atoms with E-state index in [1.807, 2.05) is 18.5 Å². The predicted octanol–water partition coefficient (Wildman–Crippen LogP) is 2.33. The zero-order chi connectivity index (χ0) is 18.1. The van der Waals surface area contributed by atoms with Crippen LogP contribution in [0.5, 0.6) is 0 Å². The van der Waals surface area contributed by atoms with Gasteiger partial charge in [0.05, 0.1) is 17.8 Å². The lowest BCUT2D eigenvalue weighted by Gasteiger charge is -2.24. The highest BCUT2D eigenvalue weighted by Gasteiger charge is 2.22. The number of nitrogens with one attached hydrogen (secondary N) is 1. The summed E-state index contributed by atoms with van der Waals surface area (Å²) in [5.74, 6) is 1.75. The highest BCUT2D eigenvalue weighted by molar-refractivity contribution is 5.79. The topological polar surface area (TPSA) is 64.7 Å². The molecule has 1 N–H and O–H groups in total. The third-order valence-electron chi connectivity index (χ3n) is 4.88. The molecule has 0 saturated heterocycles. The van der Waals surface area contributed by atoms with Gasteiger partial charge in [-0.05, 0) is 33.1 Å². The highest BCUT2D eigenvalue weighted by atomic mass is 16.1. The molecule has 6 nitrogen and oxygen atoms in total. The molecule has 1 atom stereocenters. The van der Waals surface area contributed by atoms with Crippen molar-refractivity contribution in [3.63, 3.8) is 0 Å². The van der Waals surface area contributed by atoms with Gasteiger partial charge in [0, 0.05) is 43.0 Å². The quantitative estimate of drug-likeness (QED) is 0.906. The number of aryl methyl sites for hydroxylation is 3. The average molecular weight is 343 g/mol. The number of carbonyl (C=O) groups is 1. The Bertz CT molecular complexity index is 771. The van der Waals surface area contributed by atoms with Gasteiger partial charge in [-0.1, -0.05) is 13.8 Å². The molecule has 0 spiro atoms. The molecular formula is C19H29N5O. The SMILES string of the molecule is Cc1cn2c(n1)CC[C@@H](NC(=O)Cc1c(C)nn(CC(C)C)c1C)C2. The fraction of sp³-hybridized carbons (Fsp3) is 0.632.